The first kappa shape index (κ1) is 62.0. The minimum absolute atomic E-state index is 0.0162. The van der Waals surface area contributed by atoms with E-state index in [2.05, 4.69) is 22.0 Å². The number of nitrogens with one attached hydrogen (secondary N) is 3. The highest BCUT2D eigenvalue weighted by Gasteiger charge is 2.51. The van der Waals surface area contributed by atoms with E-state index in [0.29, 0.717) is 103 Å². The molecule has 1 saturated carbocycles. The number of carbonyl (C=O) groups is 7. The highest BCUT2D eigenvalue weighted by atomic mass is 16.5. The summed E-state index contributed by atoms with van der Waals surface area (Å²) in [6.07, 6.45) is 15.6. The Kier molecular flexibility index (Phi) is 19.5. The van der Waals surface area contributed by atoms with E-state index in [1.165, 1.54) is 19.8 Å². The van der Waals surface area contributed by atoms with Crippen molar-refractivity contribution in [2.45, 2.75) is 89.8 Å². The minimum Gasteiger partial charge on any atom is -0.497 e. The Morgan fingerprint density at radius 3 is 1.85 bits per heavy atom. The summed E-state index contributed by atoms with van der Waals surface area (Å²) in [5.41, 5.74) is 13.0. The first-order chi connectivity index (χ1) is 42.6. The molecule has 21 nitrogen and oxygen atoms in total. The molecule has 21 heteroatoms. The number of fused-ring (bicyclic) bond motifs is 6. The number of aliphatic imine (C=N–C) groups is 2. The van der Waals surface area contributed by atoms with Gasteiger partial charge in [-0.25, -0.2) is 0 Å². The zero-order valence-corrected chi connectivity index (χ0v) is 50.6. The van der Waals surface area contributed by atoms with E-state index < -0.39 is 17.9 Å². The number of amides is 6. The number of rotatable bonds is 27. The number of allylic oxidation sites excluding steroid dienone is 1. The predicted octanol–water partition coefficient (Wildman–Crippen LogP) is 8.07. The van der Waals surface area contributed by atoms with Gasteiger partial charge in [-0.05, 0) is 109 Å². The van der Waals surface area contributed by atoms with E-state index >= 15 is 0 Å². The van der Waals surface area contributed by atoms with Gasteiger partial charge in [0.2, 0.25) is 23.6 Å². The number of methoxy groups -OCH3 is 3. The Morgan fingerprint density at radius 1 is 0.739 bits per heavy atom. The van der Waals surface area contributed by atoms with Gasteiger partial charge in [0.25, 0.3) is 11.8 Å². The highest BCUT2D eigenvalue weighted by molar-refractivity contribution is 6.07. The molecule has 0 radical (unpaired) electrons. The van der Waals surface area contributed by atoms with Crippen molar-refractivity contribution in [1.82, 2.24) is 25.3 Å². The van der Waals surface area contributed by atoms with Crippen molar-refractivity contribution in [3.8, 4) is 28.7 Å². The molecule has 2 bridgehead atoms. The van der Waals surface area contributed by atoms with Gasteiger partial charge < -0.3 is 64.9 Å². The Hall–Kier alpha value is -9.11. The van der Waals surface area contributed by atoms with Crippen LogP contribution in [0.1, 0.15) is 103 Å². The summed E-state index contributed by atoms with van der Waals surface area (Å²) in [7, 11) is 6.42. The molecule has 4 aromatic rings. The Labute approximate surface area is 512 Å². The average molecular weight is 1200 g/mol. The van der Waals surface area contributed by atoms with Crippen LogP contribution in [0.2, 0.25) is 0 Å². The molecule has 462 valence electrons. The fraction of sp³-hybridized carbons (Fsp3) is 0.418. The molecule has 0 aromatic heterocycles. The molecule has 6 aliphatic rings. The third-order valence-electron chi connectivity index (χ3n) is 17.3. The number of ether oxygens (including phenoxy) is 5. The molecule has 0 saturated heterocycles. The summed E-state index contributed by atoms with van der Waals surface area (Å²) in [6, 6.07) is 20.2. The van der Waals surface area contributed by atoms with Crippen LogP contribution in [0.25, 0.3) is 11.1 Å². The van der Waals surface area contributed by atoms with Crippen molar-refractivity contribution in [3.63, 3.8) is 0 Å². The number of hydrogen-bond acceptors (Lipinski definition) is 15. The van der Waals surface area contributed by atoms with Crippen LogP contribution in [0.4, 0.5) is 17.1 Å². The van der Waals surface area contributed by atoms with Crippen LogP contribution in [-0.2, 0) is 24.0 Å². The van der Waals surface area contributed by atoms with Crippen LogP contribution in [0.3, 0.4) is 0 Å². The Morgan fingerprint density at radius 2 is 1.32 bits per heavy atom. The summed E-state index contributed by atoms with van der Waals surface area (Å²) in [5.74, 6) is -0.00463. The number of unbranched alkanes of at least 4 members (excludes halogenated alkanes) is 2. The van der Waals surface area contributed by atoms with Crippen molar-refractivity contribution in [3.05, 3.63) is 119 Å². The molecule has 7 unspecified atom stereocenters. The van der Waals surface area contributed by atoms with Gasteiger partial charge in [0.15, 0.2) is 23.0 Å². The number of benzene rings is 4. The van der Waals surface area contributed by atoms with Gasteiger partial charge in [0.1, 0.15) is 18.1 Å². The molecule has 4 aliphatic heterocycles. The number of anilines is 1. The van der Waals surface area contributed by atoms with E-state index in [1.807, 2.05) is 62.6 Å². The standard InChI is InChI=1S/C67H77N9O12/c1-39(2)63(73-60(78)11-8-7-9-22-74(3)67(83)62-50-28-43(53(62)38-77)25-42(50)20-21-68)64(80)71-35-61(79)72-46-16-12-40(13-17-46)44-26-47-33-69-54-31-58(56(85-5)29-51(54)65(81)75(47)36-44)87-23-10-24-88-59-32-55-52(30-57(59)86-6)66(82)76-37-45(27-48(76)34-70-55)41-14-18-49(84-4)19-15-41/h12-19,25,29-34,36-39,43,47-48,50,53,62-63H,7-11,20-24,26-28,35,68H2,1-6H3,(H,71,80)(H,72,79)(H,73,78). The quantitative estimate of drug-likeness (QED) is 0.0250. The van der Waals surface area contributed by atoms with Crippen molar-refractivity contribution in [2.75, 3.05) is 66.5 Å². The summed E-state index contributed by atoms with van der Waals surface area (Å²) in [6.45, 7) is 4.84. The molecule has 7 atom stereocenters. The number of carbonyl (C=O) groups excluding carboxylic acids is 7. The van der Waals surface area contributed by atoms with Gasteiger partial charge in [-0.15, -0.1) is 0 Å². The van der Waals surface area contributed by atoms with E-state index in [1.54, 1.807) is 77.7 Å². The minimum atomic E-state index is -0.851. The maximum Gasteiger partial charge on any atom is 0.260 e. The van der Waals surface area contributed by atoms with Gasteiger partial charge in [-0.3, -0.25) is 38.8 Å². The fourth-order valence-corrected chi connectivity index (χ4v) is 12.6. The van der Waals surface area contributed by atoms with Crippen LogP contribution < -0.4 is 45.4 Å². The zero-order valence-electron chi connectivity index (χ0n) is 50.6. The molecule has 10 rings (SSSR count). The third-order valence-corrected chi connectivity index (χ3v) is 17.3. The average Bonchev–Trinajstić information content (AvgIpc) is 2.21. The van der Waals surface area contributed by atoms with E-state index in [9.17, 15) is 33.6 Å². The number of nitrogens with zero attached hydrogens (tertiary/aromatic N) is 5. The zero-order chi connectivity index (χ0) is 62.2. The number of aldehydes is 1. The number of nitrogens with two attached hydrogens (primary N) is 1. The highest BCUT2D eigenvalue weighted by Crippen LogP contribution is 2.52. The molecule has 1 fully saturated rings. The lowest BCUT2D eigenvalue weighted by molar-refractivity contribution is -0.138. The molecule has 0 spiro atoms. The van der Waals surface area contributed by atoms with Crippen LogP contribution in [-0.4, -0.2) is 148 Å². The molecule has 88 heavy (non-hydrogen) atoms. The Balaban J connectivity index is 0.652. The fourth-order valence-electron chi connectivity index (χ4n) is 12.6. The smallest absolute Gasteiger partial charge is 0.260 e. The summed E-state index contributed by atoms with van der Waals surface area (Å²) in [5, 5.41) is 8.30. The maximum absolute atomic E-state index is 14.1. The summed E-state index contributed by atoms with van der Waals surface area (Å²) < 4.78 is 29.0. The lowest BCUT2D eigenvalue weighted by Crippen LogP contribution is -2.51. The summed E-state index contributed by atoms with van der Waals surface area (Å²) >= 11 is 0. The largest absolute Gasteiger partial charge is 0.497 e. The van der Waals surface area contributed by atoms with Crippen LogP contribution in [0.5, 0.6) is 28.7 Å². The molecule has 4 aromatic carbocycles. The van der Waals surface area contributed by atoms with E-state index in [0.717, 1.165) is 47.2 Å². The Bertz CT molecular complexity index is 3480. The van der Waals surface area contributed by atoms with Gasteiger partial charge in [-0.2, -0.15) is 0 Å². The topological polar surface area (TPSA) is 262 Å². The van der Waals surface area contributed by atoms with Crippen molar-refractivity contribution in [1.29, 1.82) is 0 Å². The number of hydrogen-bond donors (Lipinski definition) is 4. The van der Waals surface area contributed by atoms with Gasteiger partial charge in [0.05, 0.1) is 81.6 Å². The lowest BCUT2D eigenvalue weighted by Gasteiger charge is -2.30. The second-order valence-electron chi connectivity index (χ2n) is 23.4. The first-order valence-corrected chi connectivity index (χ1v) is 30.2. The SMILES string of the molecule is COc1ccc(C2=CN3C(=O)c4cc(OC)c(OCCCOc5cc6c(cc5OC)C(=O)N5C=C(c7ccc(NC(=O)CNC(=O)C(NC(=O)CCCCCN(C)C(=O)C8C9CC(C=C9CCN)C8C=O)C(C)C)cc7)CC5C=N6)cc4N=CC3C2)cc1. The van der Waals surface area contributed by atoms with Crippen molar-refractivity contribution >= 4 is 82.4 Å². The first-order valence-electron chi connectivity index (χ1n) is 30.2. The van der Waals surface area contributed by atoms with Gasteiger partial charge in [0, 0.05) is 87.8 Å². The van der Waals surface area contributed by atoms with Gasteiger partial charge >= 0.3 is 0 Å². The van der Waals surface area contributed by atoms with E-state index in [-0.39, 0.29) is 91.5 Å². The maximum atomic E-state index is 14.1. The molecule has 5 N–H and O–H groups in total. The van der Waals surface area contributed by atoms with Crippen molar-refractivity contribution in [2.24, 2.45) is 45.3 Å². The molecular weight excluding hydrogens is 1120 g/mol. The molecular formula is C67H77N9O12. The van der Waals surface area contributed by atoms with E-state index in [4.69, 9.17) is 39.4 Å². The summed E-state index contributed by atoms with van der Waals surface area (Å²) in [4.78, 5) is 107. The van der Waals surface area contributed by atoms with Crippen LogP contribution in [0, 0.1) is 29.6 Å². The molecule has 2 aliphatic carbocycles. The predicted molar refractivity (Wildman–Crippen MR) is 333 cm³/mol. The van der Waals surface area contributed by atoms with Crippen LogP contribution >= 0.6 is 0 Å². The second-order valence-corrected chi connectivity index (χ2v) is 23.4. The molecule has 4 heterocycles. The molecule has 6 amide bonds. The third kappa shape index (κ3) is 13.5. The second kappa shape index (κ2) is 27.7. The monoisotopic (exact) mass is 1200 g/mol. The van der Waals surface area contributed by atoms with Gasteiger partial charge in [-0.1, -0.05) is 56.2 Å². The van der Waals surface area contributed by atoms with Crippen molar-refractivity contribution < 1.29 is 57.2 Å². The van der Waals surface area contributed by atoms with Crippen LogP contribution in [0.15, 0.2) is 107 Å². The normalized spacial score (nSPS) is 20.5. The lowest BCUT2D eigenvalue weighted by atomic mass is 9.78.